The summed E-state index contributed by atoms with van der Waals surface area (Å²) < 4.78 is 134. The van der Waals surface area contributed by atoms with Gasteiger partial charge in [0.15, 0.2) is 0 Å². The number of hydrogen-bond acceptors (Lipinski definition) is 24. The van der Waals surface area contributed by atoms with Crippen molar-refractivity contribution < 1.29 is 114 Å². The molecule has 0 saturated heterocycles. The Balaban J connectivity index is -0.000000454. The van der Waals surface area contributed by atoms with Crippen LogP contribution in [0.5, 0.6) is 0 Å². The number of hydrogen-bond donors (Lipinski definition) is 0. The molecule has 0 bridgehead atoms. The van der Waals surface area contributed by atoms with E-state index in [-0.39, 0.29) is 61.7 Å². The Morgan fingerprint density at radius 1 is 0.189 bits per heavy atom. The Hall–Kier alpha value is -0.960. The van der Waals surface area contributed by atoms with Gasteiger partial charge in [-0.15, -0.1) is 0 Å². The lowest BCUT2D eigenvalue weighted by Crippen LogP contribution is -2.41. The molecule has 0 fully saturated rings. The Kier molecular flexibility index (Phi) is 87.4. The fourth-order valence-corrected chi connectivity index (χ4v) is 7.71. The Morgan fingerprint density at radius 3 is 0.433 bits per heavy atom. The molecule has 24 heteroatoms. The summed E-state index contributed by atoms with van der Waals surface area (Å²) in [5.74, 6) is 0. The van der Waals surface area contributed by atoms with Gasteiger partial charge in [0, 0.05) is 120 Å². The van der Waals surface area contributed by atoms with Gasteiger partial charge in [0.05, 0.1) is 151 Å². The van der Waals surface area contributed by atoms with Gasteiger partial charge in [-0.25, -0.2) is 0 Å². The molecular weight excluding hydrogens is 1180 g/mol. The number of ether oxygens (including phenoxy) is 24. The zero-order valence-electron chi connectivity index (χ0n) is 59.8. The molecule has 0 N–H and O–H groups in total. The monoisotopic (exact) mass is 1320 g/mol. The number of rotatable bonds is 67. The van der Waals surface area contributed by atoms with Crippen LogP contribution >= 0.6 is 0 Å². The molecule has 0 amide bonds. The molecule has 0 aromatic carbocycles. The summed E-state index contributed by atoms with van der Waals surface area (Å²) in [4.78, 5) is 0. The van der Waals surface area contributed by atoms with E-state index in [1.54, 1.807) is 14.2 Å². The van der Waals surface area contributed by atoms with Crippen LogP contribution in [0.1, 0.15) is 118 Å². The normalized spacial score (nSPS) is 14.2. The number of methoxy groups -OCH3 is 2. The quantitative estimate of drug-likeness (QED) is 0.0521. The molecule has 0 rings (SSSR count). The van der Waals surface area contributed by atoms with E-state index in [1.165, 1.54) is 0 Å². The van der Waals surface area contributed by atoms with Crippen molar-refractivity contribution in [3.05, 3.63) is 0 Å². The van der Waals surface area contributed by atoms with Crippen molar-refractivity contribution >= 4 is 0 Å². The molecular formula is C66H142O24. The van der Waals surface area contributed by atoms with Gasteiger partial charge in [-0.05, 0) is 111 Å². The highest BCUT2D eigenvalue weighted by molar-refractivity contribution is 4.79. The van der Waals surface area contributed by atoms with Crippen LogP contribution in [0.25, 0.3) is 0 Å². The van der Waals surface area contributed by atoms with E-state index in [1.807, 2.05) is 111 Å². The van der Waals surface area contributed by atoms with Crippen LogP contribution in [0.2, 0.25) is 0 Å². The first kappa shape index (κ1) is 97.7. The second-order valence-corrected chi connectivity index (χ2v) is 19.5. The maximum Gasteiger partial charge on any atom is 0.104 e. The smallest absolute Gasteiger partial charge is 0.104 e. The average Bonchev–Trinajstić information content (AvgIpc) is 1.97. The van der Waals surface area contributed by atoms with Crippen LogP contribution in [0.3, 0.4) is 0 Å². The molecule has 0 aromatic rings. The fraction of sp³-hybridized carbons (Fsp3) is 1.00. The van der Waals surface area contributed by atoms with Crippen molar-refractivity contribution in [3.63, 3.8) is 0 Å². The third-order valence-corrected chi connectivity index (χ3v) is 11.8. The lowest BCUT2D eigenvalue weighted by Gasteiger charge is -2.32. The van der Waals surface area contributed by atoms with Gasteiger partial charge in [0.25, 0.3) is 0 Å². The lowest BCUT2D eigenvalue weighted by molar-refractivity contribution is -0.119. The third-order valence-electron chi connectivity index (χ3n) is 11.8. The van der Waals surface area contributed by atoms with Crippen molar-refractivity contribution in [2.45, 2.75) is 167 Å². The van der Waals surface area contributed by atoms with Gasteiger partial charge < -0.3 is 114 Å². The maximum atomic E-state index is 5.99. The second kappa shape index (κ2) is 80.5. The SMILES string of the molecule is C.CCOCC(COCC(COCC(COCC(COCC(COCC(COCC)OCC)OCC)OCC)OCC)OCC)OCC.CCOCC(COCC(COCC)OCC)OCC.CCOCC(COCC)(COCC)COCC.COCCOC. The van der Waals surface area contributed by atoms with Gasteiger partial charge in [-0.2, -0.15) is 0 Å². The molecule has 8 atom stereocenters. The Morgan fingerprint density at radius 2 is 0.322 bits per heavy atom. The fourth-order valence-electron chi connectivity index (χ4n) is 7.71. The minimum atomic E-state index is -0.234. The summed E-state index contributed by atoms with van der Waals surface area (Å²) in [6, 6.07) is 0. The average molecular weight is 1320 g/mol. The van der Waals surface area contributed by atoms with Gasteiger partial charge in [0.2, 0.25) is 0 Å². The van der Waals surface area contributed by atoms with Gasteiger partial charge in [-0.3, -0.25) is 0 Å². The van der Waals surface area contributed by atoms with E-state index < -0.39 is 0 Å². The first-order valence-corrected chi connectivity index (χ1v) is 33.4. The molecule has 0 radical (unpaired) electrons. The summed E-state index contributed by atoms with van der Waals surface area (Å²) in [5.41, 5.74) is -0.183. The molecule has 0 aliphatic rings. The minimum absolute atomic E-state index is 0. The predicted molar refractivity (Wildman–Crippen MR) is 353 cm³/mol. The molecule has 0 aromatic heterocycles. The molecule has 0 saturated carbocycles. The summed E-state index contributed by atoms with van der Waals surface area (Å²) in [6.45, 7) is 52.6. The van der Waals surface area contributed by atoms with E-state index in [4.69, 9.17) is 104 Å². The van der Waals surface area contributed by atoms with Crippen molar-refractivity contribution in [1.29, 1.82) is 0 Å². The summed E-state index contributed by atoms with van der Waals surface area (Å²) in [6.07, 6.45) is -1.12. The van der Waals surface area contributed by atoms with Crippen LogP contribution in [0.15, 0.2) is 0 Å². The lowest BCUT2D eigenvalue weighted by atomic mass is 9.92. The molecule has 0 aliphatic carbocycles. The summed E-state index contributed by atoms with van der Waals surface area (Å²) in [5, 5.41) is 0. The topological polar surface area (TPSA) is 222 Å². The Bertz CT molecular complexity index is 1160. The zero-order chi connectivity index (χ0) is 67.0. The minimum Gasteiger partial charge on any atom is -0.382 e. The molecule has 8 unspecified atom stereocenters. The van der Waals surface area contributed by atoms with E-state index in [0.717, 1.165) is 0 Å². The van der Waals surface area contributed by atoms with Crippen molar-refractivity contribution in [2.75, 3.05) is 265 Å². The van der Waals surface area contributed by atoms with E-state index in [2.05, 4.69) is 9.47 Å². The first-order valence-electron chi connectivity index (χ1n) is 33.4. The second-order valence-electron chi connectivity index (χ2n) is 19.5. The van der Waals surface area contributed by atoms with Crippen LogP contribution < -0.4 is 0 Å². The molecule has 0 aliphatic heterocycles. The largest absolute Gasteiger partial charge is 0.382 e. The van der Waals surface area contributed by atoms with E-state index in [9.17, 15) is 0 Å². The zero-order valence-corrected chi connectivity index (χ0v) is 59.8. The molecule has 0 spiro atoms. The highest BCUT2D eigenvalue weighted by atomic mass is 16.6. The predicted octanol–water partition coefficient (Wildman–Crippen LogP) is 8.49. The molecule has 0 heterocycles. The molecule has 90 heavy (non-hydrogen) atoms. The third kappa shape index (κ3) is 67.0. The van der Waals surface area contributed by atoms with Gasteiger partial charge in [-0.1, -0.05) is 7.43 Å². The van der Waals surface area contributed by atoms with E-state index in [0.29, 0.717) is 251 Å². The van der Waals surface area contributed by atoms with Crippen LogP contribution in [0.4, 0.5) is 0 Å². The highest BCUT2D eigenvalue weighted by Crippen LogP contribution is 2.21. The van der Waals surface area contributed by atoms with Crippen molar-refractivity contribution in [2.24, 2.45) is 5.41 Å². The van der Waals surface area contributed by atoms with Gasteiger partial charge in [0.1, 0.15) is 48.8 Å². The first-order chi connectivity index (χ1) is 43.4. The van der Waals surface area contributed by atoms with Crippen LogP contribution in [-0.2, 0) is 114 Å². The highest BCUT2D eigenvalue weighted by Gasteiger charge is 2.32. The summed E-state index contributed by atoms with van der Waals surface area (Å²) in [7, 11) is 3.30. The van der Waals surface area contributed by atoms with Crippen molar-refractivity contribution in [3.8, 4) is 0 Å². The van der Waals surface area contributed by atoms with Crippen LogP contribution in [-0.4, -0.2) is 314 Å². The standard InChI is InChI=1S/C34H70O13.C14H30O5.C13H28O4.C4H10O2.CH4/c1-9-35-17-29(42-11-3)19-37-21-31(44-13-5)23-39-25-33(46-15-7)27-41-28-34(47-16-8)26-40-24-32(45-14-6)22-38-20-30(43-12-4)18-36-10-2;1-5-15-9-13(18-7-3)11-17-12-14(19-8-4)10-16-6-2;1-5-14-9-13(10-15-6-2,11-16-7-3)12-17-8-4;1-5-3-4-6-2;/h29-34H,9-28H2,1-8H3;13-14H,5-12H2,1-4H3;5-12H2,1-4H3;3-4H2,1-2H3;1H4. The van der Waals surface area contributed by atoms with Gasteiger partial charge >= 0.3 is 0 Å². The van der Waals surface area contributed by atoms with E-state index >= 15 is 0 Å². The molecule has 550 valence electrons. The van der Waals surface area contributed by atoms with Crippen LogP contribution in [0, 0.1) is 5.41 Å². The van der Waals surface area contributed by atoms with Crippen molar-refractivity contribution in [1.82, 2.24) is 0 Å². The Labute approximate surface area is 549 Å². The maximum absolute atomic E-state index is 5.99. The molecule has 24 nitrogen and oxygen atoms in total. The summed E-state index contributed by atoms with van der Waals surface area (Å²) >= 11 is 0.